The minimum absolute atomic E-state index is 0.0147. The lowest BCUT2D eigenvalue weighted by Crippen LogP contribution is -2.33. The van der Waals surface area contributed by atoms with Gasteiger partial charge in [0.1, 0.15) is 0 Å². The van der Waals surface area contributed by atoms with E-state index in [2.05, 4.69) is 20.9 Å². The molecule has 10 heteroatoms. The van der Waals surface area contributed by atoms with Gasteiger partial charge in [-0.25, -0.2) is 0 Å². The first kappa shape index (κ1) is 25.4. The van der Waals surface area contributed by atoms with Gasteiger partial charge in [0.25, 0.3) is 0 Å². The summed E-state index contributed by atoms with van der Waals surface area (Å²) in [4.78, 5) is 23.5. The zero-order valence-electron chi connectivity index (χ0n) is 16.9. The predicted octanol–water partition coefficient (Wildman–Crippen LogP) is 0.558. The Morgan fingerprint density at radius 3 is 1.46 bits per heavy atom. The zero-order chi connectivity index (χ0) is 21.8. The molecule has 0 aromatic carbocycles. The molecule has 28 heavy (non-hydrogen) atoms. The van der Waals surface area contributed by atoms with Gasteiger partial charge in [0.2, 0.25) is 11.8 Å². The third-order valence-electron chi connectivity index (χ3n) is 3.84. The molecule has 0 aromatic rings. The van der Waals surface area contributed by atoms with Gasteiger partial charge in [0, 0.05) is 25.9 Å². The van der Waals surface area contributed by atoms with Crippen molar-refractivity contribution in [2.24, 2.45) is 10.2 Å². The summed E-state index contributed by atoms with van der Waals surface area (Å²) in [6, 6.07) is 3.97. The van der Waals surface area contributed by atoms with Crippen LogP contribution in [0, 0.1) is 22.7 Å². The molecule has 0 radical (unpaired) electrons. The number of rotatable bonds is 12. The molecule has 4 unspecified atom stereocenters. The average Bonchev–Trinajstić information content (AvgIpc) is 2.65. The van der Waals surface area contributed by atoms with E-state index < -0.39 is 23.3 Å². The fraction of sp³-hybridized carbons (Fsp3) is 0.778. The molecule has 4 N–H and O–H groups in total. The Morgan fingerprint density at radius 2 is 1.21 bits per heavy atom. The van der Waals surface area contributed by atoms with Crippen molar-refractivity contribution in [3.63, 3.8) is 0 Å². The number of carbonyl (C=O) groups excluding carboxylic acids is 2. The van der Waals surface area contributed by atoms with E-state index in [4.69, 9.17) is 10.2 Å². The Morgan fingerprint density at radius 1 is 0.893 bits per heavy atom. The Hall–Kier alpha value is -2.56. The lowest BCUT2D eigenvalue weighted by molar-refractivity contribution is -0.122. The highest BCUT2D eigenvalue weighted by molar-refractivity contribution is 5.76. The van der Waals surface area contributed by atoms with Crippen LogP contribution >= 0.6 is 0 Å². The maximum Gasteiger partial charge on any atom is 0.220 e. The van der Waals surface area contributed by atoms with Gasteiger partial charge in [0.15, 0.2) is 11.1 Å². The number of amides is 2. The highest BCUT2D eigenvalue weighted by atomic mass is 16.3. The van der Waals surface area contributed by atoms with Crippen molar-refractivity contribution in [3.05, 3.63) is 0 Å². The lowest BCUT2D eigenvalue weighted by atomic mass is 9.97. The number of carbonyl (C=O) groups is 2. The van der Waals surface area contributed by atoms with E-state index in [1.165, 1.54) is 13.8 Å². The van der Waals surface area contributed by atoms with Crippen LogP contribution in [0.4, 0.5) is 0 Å². The van der Waals surface area contributed by atoms with Gasteiger partial charge in [-0.3, -0.25) is 9.59 Å². The van der Waals surface area contributed by atoms with E-state index in [-0.39, 0.29) is 50.6 Å². The van der Waals surface area contributed by atoms with Crippen LogP contribution in [0.2, 0.25) is 0 Å². The fourth-order valence-electron chi connectivity index (χ4n) is 1.89. The standard InChI is InChI=1S/C18H30N6O4/c1-13(25)9-21-15(27)5-7-17(3,11-19)23-24-18(4,12-20)8-6-16(28)22-10-14(2)26/h13-14,25-26H,5-10H2,1-4H3,(H,21,27)(H,22,28). The fourth-order valence-corrected chi connectivity index (χ4v) is 1.89. The molecule has 0 saturated heterocycles. The number of aliphatic hydroxyl groups is 2. The summed E-state index contributed by atoms with van der Waals surface area (Å²) < 4.78 is 0. The largest absolute Gasteiger partial charge is 0.392 e. The van der Waals surface area contributed by atoms with Gasteiger partial charge in [-0.15, -0.1) is 0 Å². The van der Waals surface area contributed by atoms with Gasteiger partial charge in [-0.1, -0.05) is 0 Å². The molecule has 0 saturated carbocycles. The molecular weight excluding hydrogens is 364 g/mol. The van der Waals surface area contributed by atoms with Crippen molar-refractivity contribution in [1.29, 1.82) is 10.5 Å². The summed E-state index contributed by atoms with van der Waals surface area (Å²) in [7, 11) is 0. The van der Waals surface area contributed by atoms with Crippen molar-refractivity contribution in [2.75, 3.05) is 13.1 Å². The van der Waals surface area contributed by atoms with Crippen LogP contribution in [-0.4, -0.2) is 58.4 Å². The predicted molar refractivity (Wildman–Crippen MR) is 101 cm³/mol. The number of hydrogen-bond donors (Lipinski definition) is 4. The van der Waals surface area contributed by atoms with Gasteiger partial charge >= 0.3 is 0 Å². The van der Waals surface area contributed by atoms with Crippen molar-refractivity contribution in [1.82, 2.24) is 10.6 Å². The highest BCUT2D eigenvalue weighted by Crippen LogP contribution is 2.23. The molecular formula is C18H30N6O4. The van der Waals surface area contributed by atoms with Crippen LogP contribution < -0.4 is 10.6 Å². The second kappa shape index (κ2) is 12.0. The Labute approximate surface area is 165 Å². The number of nitrogens with one attached hydrogen (secondary N) is 2. The minimum Gasteiger partial charge on any atom is -0.392 e. The van der Waals surface area contributed by atoms with Crippen molar-refractivity contribution >= 4 is 11.8 Å². The molecule has 0 aliphatic carbocycles. The third kappa shape index (κ3) is 11.2. The summed E-state index contributed by atoms with van der Waals surface area (Å²) in [5.41, 5.74) is -2.59. The van der Waals surface area contributed by atoms with E-state index in [9.17, 15) is 20.1 Å². The smallest absolute Gasteiger partial charge is 0.220 e. The third-order valence-corrected chi connectivity index (χ3v) is 3.84. The molecule has 156 valence electrons. The number of azo groups is 1. The van der Waals surface area contributed by atoms with E-state index in [1.807, 2.05) is 12.1 Å². The van der Waals surface area contributed by atoms with E-state index >= 15 is 0 Å². The number of aliphatic hydroxyl groups excluding tert-OH is 2. The van der Waals surface area contributed by atoms with E-state index in [0.717, 1.165) is 0 Å². The summed E-state index contributed by atoms with van der Waals surface area (Å²) in [6.07, 6.45) is -1.12. The topological polar surface area (TPSA) is 171 Å². The summed E-state index contributed by atoms with van der Waals surface area (Å²) >= 11 is 0. The average molecular weight is 394 g/mol. The first-order valence-corrected chi connectivity index (χ1v) is 9.11. The first-order valence-electron chi connectivity index (χ1n) is 9.11. The molecule has 0 heterocycles. The van der Waals surface area contributed by atoms with Crippen molar-refractivity contribution in [3.8, 4) is 12.1 Å². The van der Waals surface area contributed by atoms with Gasteiger partial charge in [-0.05, 0) is 40.5 Å². The number of nitriles is 2. The molecule has 0 aromatic heterocycles. The monoisotopic (exact) mass is 394 g/mol. The Balaban J connectivity index is 4.79. The van der Waals surface area contributed by atoms with Gasteiger partial charge in [-0.2, -0.15) is 20.8 Å². The minimum atomic E-state index is -1.30. The van der Waals surface area contributed by atoms with E-state index in [0.29, 0.717) is 0 Å². The van der Waals surface area contributed by atoms with Crippen molar-refractivity contribution in [2.45, 2.75) is 76.7 Å². The van der Waals surface area contributed by atoms with Gasteiger partial charge < -0.3 is 20.8 Å². The molecule has 0 bridgehead atoms. The highest BCUT2D eigenvalue weighted by Gasteiger charge is 2.29. The molecule has 4 atom stereocenters. The summed E-state index contributed by atoms with van der Waals surface area (Å²) in [5, 5.41) is 50.1. The van der Waals surface area contributed by atoms with Crippen LogP contribution in [0.5, 0.6) is 0 Å². The number of hydrogen-bond acceptors (Lipinski definition) is 8. The van der Waals surface area contributed by atoms with Crippen LogP contribution in [0.3, 0.4) is 0 Å². The normalized spacial score (nSPS) is 17.4. The van der Waals surface area contributed by atoms with Crippen LogP contribution in [-0.2, 0) is 9.59 Å². The van der Waals surface area contributed by atoms with Crippen LogP contribution in [0.25, 0.3) is 0 Å². The van der Waals surface area contributed by atoms with Crippen LogP contribution in [0.15, 0.2) is 10.2 Å². The molecule has 0 spiro atoms. The maximum atomic E-state index is 11.7. The maximum absolute atomic E-state index is 11.7. The number of nitrogens with zero attached hydrogens (tertiary/aromatic N) is 4. The molecule has 0 aliphatic heterocycles. The SMILES string of the molecule is CC(O)CNC(=O)CCC(C)(C#N)N=NC(C)(C#N)CCC(=O)NCC(C)O. The van der Waals surface area contributed by atoms with Crippen molar-refractivity contribution < 1.29 is 19.8 Å². The molecule has 0 rings (SSSR count). The summed E-state index contributed by atoms with van der Waals surface area (Å²) in [5.74, 6) is -0.647. The second-order valence-electron chi connectivity index (χ2n) is 7.28. The summed E-state index contributed by atoms with van der Waals surface area (Å²) in [6.45, 7) is 6.33. The Kier molecular flexibility index (Phi) is 10.9. The second-order valence-corrected chi connectivity index (χ2v) is 7.28. The van der Waals surface area contributed by atoms with E-state index in [1.54, 1.807) is 13.8 Å². The Bertz CT molecular complexity index is 583. The van der Waals surface area contributed by atoms with Gasteiger partial charge in [0.05, 0.1) is 24.3 Å². The molecule has 2 amide bonds. The first-order chi connectivity index (χ1) is 12.9. The zero-order valence-corrected chi connectivity index (χ0v) is 16.9. The van der Waals surface area contributed by atoms with Crippen LogP contribution in [0.1, 0.15) is 53.4 Å². The molecule has 0 fully saturated rings. The quantitative estimate of drug-likeness (QED) is 0.352. The molecule has 10 nitrogen and oxygen atoms in total. The lowest BCUT2D eigenvalue weighted by Gasteiger charge is -2.19. The molecule has 0 aliphatic rings.